The minimum atomic E-state index is -4.34. The quantitative estimate of drug-likeness (QED) is 0.0281. The molecule has 8 nitrogen and oxygen atoms in total. The Labute approximate surface area is 308 Å². The van der Waals surface area contributed by atoms with Crippen molar-refractivity contribution in [2.75, 3.05) is 19.8 Å². The van der Waals surface area contributed by atoms with E-state index in [1.54, 1.807) is 6.08 Å². The van der Waals surface area contributed by atoms with Crippen LogP contribution in [-0.2, 0) is 18.4 Å². The molecule has 0 radical (unpaired) electrons. The van der Waals surface area contributed by atoms with E-state index in [-0.39, 0.29) is 25.7 Å². The van der Waals surface area contributed by atoms with Gasteiger partial charge in [-0.05, 0) is 32.1 Å². The zero-order chi connectivity index (χ0) is 36.8. The average Bonchev–Trinajstić information content (AvgIpc) is 3.10. The molecule has 0 saturated heterocycles. The minimum absolute atomic E-state index is 0.0758. The van der Waals surface area contributed by atoms with Crippen LogP contribution in [0.15, 0.2) is 24.3 Å². The average molecular weight is 729 g/mol. The molecule has 0 fully saturated rings. The van der Waals surface area contributed by atoms with E-state index in [1.165, 1.54) is 141 Å². The van der Waals surface area contributed by atoms with Gasteiger partial charge >= 0.3 is 7.82 Å². The Hall–Kier alpha value is -1.02. The molecule has 0 saturated carbocycles. The van der Waals surface area contributed by atoms with Gasteiger partial charge in [-0.25, -0.2) is 4.57 Å². The Morgan fingerprint density at radius 2 is 1.06 bits per heavy atom. The molecule has 0 heterocycles. The molecule has 50 heavy (non-hydrogen) atoms. The molecule has 5 N–H and O–H groups in total. The SMILES string of the molecule is CCCCCCCCCC/C=C/CC/C=C/C(O)C(COP(=O)(O)OCCN)NC(=O)CCCCCCCCCCCCCCCCCCC. The summed E-state index contributed by atoms with van der Waals surface area (Å²) in [6, 6.07) is -0.871. The Kier molecular flexibility index (Phi) is 37.0. The van der Waals surface area contributed by atoms with Crippen molar-refractivity contribution < 1.29 is 28.4 Å². The van der Waals surface area contributed by atoms with Crippen LogP contribution in [0.3, 0.4) is 0 Å². The molecule has 0 aliphatic rings. The van der Waals surface area contributed by atoms with Gasteiger partial charge in [0.05, 0.1) is 25.4 Å². The van der Waals surface area contributed by atoms with Gasteiger partial charge < -0.3 is 21.1 Å². The van der Waals surface area contributed by atoms with Crippen molar-refractivity contribution in [3.8, 4) is 0 Å². The summed E-state index contributed by atoms with van der Waals surface area (Å²) in [5.74, 6) is -0.202. The third kappa shape index (κ3) is 35.4. The maximum Gasteiger partial charge on any atom is 0.472 e. The van der Waals surface area contributed by atoms with Gasteiger partial charge in [0.1, 0.15) is 0 Å². The van der Waals surface area contributed by atoms with E-state index in [0.717, 1.165) is 38.5 Å². The van der Waals surface area contributed by atoms with Crippen molar-refractivity contribution in [3.63, 3.8) is 0 Å². The maximum atomic E-state index is 12.7. The number of nitrogens with one attached hydrogen (secondary N) is 1. The van der Waals surface area contributed by atoms with Gasteiger partial charge in [0, 0.05) is 13.0 Å². The molecule has 0 rings (SSSR count). The summed E-state index contributed by atoms with van der Waals surface area (Å²) >= 11 is 0. The topological polar surface area (TPSA) is 131 Å². The maximum absolute atomic E-state index is 12.7. The van der Waals surface area contributed by atoms with Crippen molar-refractivity contribution in [1.82, 2.24) is 5.32 Å². The summed E-state index contributed by atoms with van der Waals surface area (Å²) in [5.41, 5.74) is 5.36. The zero-order valence-corrected chi connectivity index (χ0v) is 33.5. The van der Waals surface area contributed by atoms with E-state index in [0.29, 0.717) is 6.42 Å². The number of rotatable bonds is 39. The van der Waals surface area contributed by atoms with Gasteiger partial charge in [-0.1, -0.05) is 186 Å². The molecule has 0 aliphatic carbocycles. The lowest BCUT2D eigenvalue weighted by Gasteiger charge is -2.23. The number of aliphatic hydroxyl groups excluding tert-OH is 1. The molecule has 1 amide bonds. The van der Waals surface area contributed by atoms with Crippen LogP contribution in [0.1, 0.15) is 200 Å². The lowest BCUT2D eigenvalue weighted by Crippen LogP contribution is -2.45. The highest BCUT2D eigenvalue weighted by Crippen LogP contribution is 2.43. The number of hydrogen-bond acceptors (Lipinski definition) is 6. The number of nitrogens with two attached hydrogens (primary N) is 1. The summed E-state index contributed by atoms with van der Waals surface area (Å²) in [6.45, 7) is 4.12. The number of hydrogen-bond donors (Lipinski definition) is 4. The van der Waals surface area contributed by atoms with Crippen LogP contribution >= 0.6 is 7.82 Å². The molecule has 0 aliphatic heterocycles. The van der Waals surface area contributed by atoms with Gasteiger partial charge in [0.2, 0.25) is 5.91 Å². The number of unbranched alkanes of at least 4 members (excludes halogenated alkanes) is 25. The molecule has 0 aromatic rings. The number of aliphatic hydroxyl groups is 1. The van der Waals surface area contributed by atoms with E-state index in [4.69, 9.17) is 14.8 Å². The first-order chi connectivity index (χ1) is 24.4. The third-order valence-corrected chi connectivity index (χ3v) is 10.3. The number of phosphoric ester groups is 1. The van der Waals surface area contributed by atoms with E-state index >= 15 is 0 Å². The van der Waals surface area contributed by atoms with Gasteiger partial charge in [0.15, 0.2) is 0 Å². The first-order valence-corrected chi connectivity index (χ1v) is 22.5. The normalized spacial score (nSPS) is 14.4. The molecule has 296 valence electrons. The highest BCUT2D eigenvalue weighted by molar-refractivity contribution is 7.47. The van der Waals surface area contributed by atoms with Crippen LogP contribution in [0.25, 0.3) is 0 Å². The Bertz CT molecular complexity index is 840. The van der Waals surface area contributed by atoms with E-state index in [9.17, 15) is 19.4 Å². The lowest BCUT2D eigenvalue weighted by atomic mass is 10.0. The summed E-state index contributed by atoms with van der Waals surface area (Å²) < 4.78 is 22.1. The van der Waals surface area contributed by atoms with Gasteiger partial charge in [-0.2, -0.15) is 0 Å². The van der Waals surface area contributed by atoms with Crippen LogP contribution < -0.4 is 11.1 Å². The van der Waals surface area contributed by atoms with Crippen LogP contribution in [0.2, 0.25) is 0 Å². The first-order valence-electron chi connectivity index (χ1n) is 21.0. The molecule has 0 spiro atoms. The molecule has 0 aromatic carbocycles. The number of allylic oxidation sites excluding steroid dienone is 3. The fourth-order valence-electron chi connectivity index (χ4n) is 6.09. The molecule has 3 unspecified atom stereocenters. The van der Waals surface area contributed by atoms with Gasteiger partial charge in [-0.15, -0.1) is 0 Å². The zero-order valence-electron chi connectivity index (χ0n) is 32.6. The summed E-state index contributed by atoms with van der Waals surface area (Å²) in [6.07, 6.45) is 42.2. The predicted octanol–water partition coefficient (Wildman–Crippen LogP) is 11.4. The number of carbonyl (C=O) groups excluding carboxylic acids is 1. The molecular formula is C41H81N2O6P. The molecule has 0 bridgehead atoms. The van der Waals surface area contributed by atoms with Crippen molar-refractivity contribution in [2.24, 2.45) is 5.73 Å². The van der Waals surface area contributed by atoms with Crippen molar-refractivity contribution in [2.45, 2.75) is 212 Å². The largest absolute Gasteiger partial charge is 0.472 e. The Balaban J connectivity index is 4.25. The Morgan fingerprint density at radius 1 is 0.640 bits per heavy atom. The summed E-state index contributed by atoms with van der Waals surface area (Å²) in [7, 11) is -4.34. The van der Waals surface area contributed by atoms with Gasteiger partial charge in [-0.3, -0.25) is 13.8 Å². The van der Waals surface area contributed by atoms with Crippen molar-refractivity contribution in [1.29, 1.82) is 0 Å². The fourth-order valence-corrected chi connectivity index (χ4v) is 6.85. The first kappa shape index (κ1) is 49.0. The minimum Gasteiger partial charge on any atom is -0.387 e. The number of amides is 1. The van der Waals surface area contributed by atoms with E-state index in [2.05, 4.69) is 31.3 Å². The van der Waals surface area contributed by atoms with Crippen LogP contribution in [0.5, 0.6) is 0 Å². The van der Waals surface area contributed by atoms with Gasteiger partial charge in [0.25, 0.3) is 0 Å². The van der Waals surface area contributed by atoms with Crippen LogP contribution in [0.4, 0.5) is 0 Å². The summed E-state index contributed by atoms with van der Waals surface area (Å²) in [5, 5.41) is 13.6. The number of carbonyl (C=O) groups is 1. The standard InChI is InChI=1S/C41H81N2O6P/c1-3-5-7-9-11-13-15-17-19-20-21-23-25-27-29-31-33-35-41(45)43-39(38-49-50(46,47)48-37-36-42)40(44)34-32-30-28-26-24-22-18-16-14-12-10-8-6-4-2/h24,26,32,34,39-40,44H,3-23,25,27-31,33,35-38,42H2,1-2H3,(H,43,45)(H,46,47)/b26-24+,34-32+. The van der Waals surface area contributed by atoms with Crippen molar-refractivity contribution in [3.05, 3.63) is 24.3 Å². The molecular weight excluding hydrogens is 647 g/mol. The highest BCUT2D eigenvalue weighted by Gasteiger charge is 2.26. The second-order valence-corrected chi connectivity index (χ2v) is 15.7. The predicted molar refractivity (Wildman–Crippen MR) is 212 cm³/mol. The molecule has 3 atom stereocenters. The van der Waals surface area contributed by atoms with Crippen LogP contribution in [0, 0.1) is 0 Å². The summed E-state index contributed by atoms with van der Waals surface area (Å²) in [4.78, 5) is 22.6. The Morgan fingerprint density at radius 3 is 1.54 bits per heavy atom. The van der Waals surface area contributed by atoms with Crippen molar-refractivity contribution >= 4 is 13.7 Å². The molecule has 0 aromatic heterocycles. The lowest BCUT2D eigenvalue weighted by molar-refractivity contribution is -0.123. The fraction of sp³-hybridized carbons (Fsp3) is 0.878. The highest BCUT2D eigenvalue weighted by atomic mass is 31.2. The third-order valence-electron chi connectivity index (χ3n) is 9.28. The second-order valence-electron chi connectivity index (χ2n) is 14.2. The monoisotopic (exact) mass is 729 g/mol. The molecule has 9 heteroatoms. The second kappa shape index (κ2) is 37.7. The van der Waals surface area contributed by atoms with E-state index in [1.807, 2.05) is 6.08 Å². The van der Waals surface area contributed by atoms with Crippen LogP contribution in [-0.4, -0.2) is 47.8 Å². The number of phosphoric acid groups is 1. The smallest absolute Gasteiger partial charge is 0.387 e. The van der Waals surface area contributed by atoms with E-state index < -0.39 is 20.0 Å².